The minimum atomic E-state index is -0.934. The quantitative estimate of drug-likeness (QED) is 0.759. The lowest BCUT2D eigenvalue weighted by Crippen LogP contribution is -2.42. The van der Waals surface area contributed by atoms with Crippen LogP contribution in [0.2, 0.25) is 0 Å². The molecule has 1 heterocycles. The fraction of sp³-hybridized carbons (Fsp3) is 0.462. The molecular weight excluding hydrogens is 246 g/mol. The molecule has 0 spiro atoms. The molecule has 0 aliphatic carbocycles. The highest BCUT2D eigenvalue weighted by molar-refractivity contribution is 5.89. The Kier molecular flexibility index (Phi) is 5.29. The van der Waals surface area contributed by atoms with Gasteiger partial charge in [-0.2, -0.15) is 0 Å². The molecule has 0 radical (unpaired) electrons. The average molecular weight is 265 g/mol. The van der Waals surface area contributed by atoms with Crippen LogP contribution < -0.4 is 10.6 Å². The van der Waals surface area contributed by atoms with Gasteiger partial charge < -0.3 is 15.7 Å². The van der Waals surface area contributed by atoms with E-state index in [0.29, 0.717) is 5.69 Å². The van der Waals surface area contributed by atoms with Gasteiger partial charge in [-0.3, -0.25) is 9.78 Å². The molecule has 0 aliphatic rings. The van der Waals surface area contributed by atoms with Gasteiger partial charge >= 0.3 is 12.0 Å². The van der Waals surface area contributed by atoms with Crippen molar-refractivity contribution >= 4 is 17.7 Å². The first-order valence-electron chi connectivity index (χ1n) is 6.10. The number of aryl methyl sites for hydroxylation is 1. The van der Waals surface area contributed by atoms with Crippen LogP contribution in [0.5, 0.6) is 0 Å². The summed E-state index contributed by atoms with van der Waals surface area (Å²) in [6, 6.07) is 2.69. The van der Waals surface area contributed by atoms with E-state index < -0.39 is 18.0 Å². The van der Waals surface area contributed by atoms with Crippen molar-refractivity contribution in [1.29, 1.82) is 0 Å². The molecular formula is C13H19N3O3. The highest BCUT2D eigenvalue weighted by atomic mass is 16.4. The lowest BCUT2D eigenvalue weighted by Gasteiger charge is -2.20. The lowest BCUT2D eigenvalue weighted by molar-refractivity contribution is -0.137. The van der Waals surface area contributed by atoms with Crippen molar-refractivity contribution in [3.05, 3.63) is 24.0 Å². The van der Waals surface area contributed by atoms with Crippen molar-refractivity contribution in [2.75, 3.05) is 5.32 Å². The number of hydrogen-bond donors (Lipinski definition) is 3. The number of carbonyl (C=O) groups excluding carboxylic acids is 1. The Morgan fingerprint density at radius 1 is 1.37 bits per heavy atom. The first-order valence-corrected chi connectivity index (χ1v) is 6.10. The summed E-state index contributed by atoms with van der Waals surface area (Å²) in [5.74, 6) is -0.894. The van der Waals surface area contributed by atoms with Gasteiger partial charge in [0.25, 0.3) is 0 Å². The molecule has 1 aromatic heterocycles. The minimum absolute atomic E-state index is 0.0398. The molecule has 1 atom stereocenters. The molecule has 3 N–H and O–H groups in total. The molecule has 0 bridgehead atoms. The van der Waals surface area contributed by atoms with Crippen LogP contribution in [0, 0.1) is 12.8 Å². The van der Waals surface area contributed by atoms with Gasteiger partial charge in [0.1, 0.15) is 0 Å². The summed E-state index contributed by atoms with van der Waals surface area (Å²) in [7, 11) is 0. The van der Waals surface area contributed by atoms with Crippen LogP contribution >= 0.6 is 0 Å². The number of anilines is 1. The highest BCUT2D eigenvalue weighted by Gasteiger charge is 2.19. The summed E-state index contributed by atoms with van der Waals surface area (Å²) in [5.41, 5.74) is 1.43. The molecule has 1 aromatic rings. The van der Waals surface area contributed by atoms with E-state index in [1.165, 1.54) is 0 Å². The lowest BCUT2D eigenvalue weighted by atomic mass is 10.0. The molecule has 0 saturated heterocycles. The minimum Gasteiger partial charge on any atom is -0.481 e. The third kappa shape index (κ3) is 5.37. The van der Waals surface area contributed by atoms with Crippen molar-refractivity contribution < 1.29 is 14.7 Å². The van der Waals surface area contributed by atoms with Gasteiger partial charge in [-0.1, -0.05) is 13.8 Å². The molecule has 19 heavy (non-hydrogen) atoms. The van der Waals surface area contributed by atoms with Gasteiger partial charge in [-0.05, 0) is 25.0 Å². The number of carboxylic acid groups (broad SMARTS) is 1. The van der Waals surface area contributed by atoms with E-state index in [-0.39, 0.29) is 12.3 Å². The first kappa shape index (κ1) is 14.9. The van der Waals surface area contributed by atoms with Crippen LogP contribution in [0.3, 0.4) is 0 Å². The number of pyridine rings is 1. The molecule has 0 fully saturated rings. The maximum Gasteiger partial charge on any atom is 0.319 e. The number of amides is 2. The Bertz CT molecular complexity index is 443. The number of aromatic nitrogens is 1. The SMILES string of the molecule is Cc1ccc(NC(=O)NC(CC(=O)O)C(C)C)cn1. The van der Waals surface area contributed by atoms with Crippen LogP contribution in [-0.2, 0) is 4.79 Å². The third-order valence-electron chi connectivity index (χ3n) is 2.68. The number of aliphatic carboxylic acids is 1. The Balaban J connectivity index is 2.57. The van der Waals surface area contributed by atoms with Gasteiger partial charge in [0, 0.05) is 11.7 Å². The molecule has 0 saturated carbocycles. The summed E-state index contributed by atoms with van der Waals surface area (Å²) in [5, 5.41) is 14.1. The van der Waals surface area contributed by atoms with Crippen molar-refractivity contribution in [1.82, 2.24) is 10.3 Å². The second kappa shape index (κ2) is 6.72. The number of carboxylic acids is 1. The van der Waals surface area contributed by atoms with E-state index in [2.05, 4.69) is 15.6 Å². The maximum absolute atomic E-state index is 11.8. The molecule has 104 valence electrons. The van der Waals surface area contributed by atoms with Crippen LogP contribution in [0.25, 0.3) is 0 Å². The molecule has 6 heteroatoms. The first-order chi connectivity index (χ1) is 8.88. The second-order valence-corrected chi connectivity index (χ2v) is 4.74. The Morgan fingerprint density at radius 3 is 2.53 bits per heavy atom. The van der Waals surface area contributed by atoms with Crippen molar-refractivity contribution in [3.63, 3.8) is 0 Å². The van der Waals surface area contributed by atoms with Crippen LogP contribution in [-0.4, -0.2) is 28.1 Å². The topological polar surface area (TPSA) is 91.3 Å². The number of nitrogens with one attached hydrogen (secondary N) is 2. The summed E-state index contributed by atoms with van der Waals surface area (Å²) < 4.78 is 0. The van der Waals surface area contributed by atoms with E-state index in [0.717, 1.165) is 5.69 Å². The molecule has 0 aromatic carbocycles. The Hall–Kier alpha value is -2.11. The second-order valence-electron chi connectivity index (χ2n) is 4.74. The fourth-order valence-electron chi connectivity index (χ4n) is 1.52. The van der Waals surface area contributed by atoms with Crippen molar-refractivity contribution in [3.8, 4) is 0 Å². The van der Waals surface area contributed by atoms with E-state index in [9.17, 15) is 9.59 Å². The zero-order chi connectivity index (χ0) is 14.4. The zero-order valence-electron chi connectivity index (χ0n) is 11.3. The van der Waals surface area contributed by atoms with E-state index >= 15 is 0 Å². The fourth-order valence-corrected chi connectivity index (χ4v) is 1.52. The smallest absolute Gasteiger partial charge is 0.319 e. The Morgan fingerprint density at radius 2 is 2.05 bits per heavy atom. The van der Waals surface area contributed by atoms with Crippen LogP contribution in [0.15, 0.2) is 18.3 Å². The monoisotopic (exact) mass is 265 g/mol. The predicted molar refractivity (Wildman–Crippen MR) is 72.0 cm³/mol. The summed E-state index contributed by atoms with van der Waals surface area (Å²) in [4.78, 5) is 26.5. The number of urea groups is 1. The van der Waals surface area contributed by atoms with Crippen molar-refractivity contribution in [2.45, 2.75) is 33.2 Å². The molecule has 2 amide bonds. The summed E-state index contributed by atoms with van der Waals surface area (Å²) >= 11 is 0. The molecule has 6 nitrogen and oxygen atoms in total. The van der Waals surface area contributed by atoms with Crippen LogP contribution in [0.4, 0.5) is 10.5 Å². The Labute approximate surface area is 112 Å². The van der Waals surface area contributed by atoms with Crippen molar-refractivity contribution in [2.24, 2.45) is 5.92 Å². The number of carbonyl (C=O) groups is 2. The summed E-state index contributed by atoms with van der Waals surface area (Å²) in [6.45, 7) is 5.58. The van der Waals surface area contributed by atoms with Crippen LogP contribution in [0.1, 0.15) is 26.0 Å². The van der Waals surface area contributed by atoms with Gasteiger partial charge in [-0.25, -0.2) is 4.79 Å². The largest absolute Gasteiger partial charge is 0.481 e. The predicted octanol–water partition coefficient (Wildman–Crippen LogP) is 2.01. The molecule has 0 aliphatic heterocycles. The summed E-state index contributed by atoms with van der Waals surface area (Å²) in [6.07, 6.45) is 1.45. The van der Waals surface area contributed by atoms with E-state index in [4.69, 9.17) is 5.11 Å². The third-order valence-corrected chi connectivity index (χ3v) is 2.68. The zero-order valence-corrected chi connectivity index (χ0v) is 11.3. The molecule has 1 unspecified atom stereocenters. The highest BCUT2D eigenvalue weighted by Crippen LogP contribution is 2.08. The van der Waals surface area contributed by atoms with Gasteiger partial charge in [0.2, 0.25) is 0 Å². The average Bonchev–Trinajstić information content (AvgIpc) is 2.30. The standard InChI is InChI=1S/C13H19N3O3/c1-8(2)11(6-12(17)18)16-13(19)15-10-5-4-9(3)14-7-10/h4-5,7-8,11H,6H2,1-3H3,(H,17,18)(H2,15,16,19). The normalized spacial score (nSPS) is 12.0. The van der Waals surface area contributed by atoms with Gasteiger partial charge in [-0.15, -0.1) is 0 Å². The van der Waals surface area contributed by atoms with Gasteiger partial charge in [0.15, 0.2) is 0 Å². The van der Waals surface area contributed by atoms with E-state index in [1.807, 2.05) is 20.8 Å². The van der Waals surface area contributed by atoms with Gasteiger partial charge in [0.05, 0.1) is 18.3 Å². The van der Waals surface area contributed by atoms with E-state index in [1.54, 1.807) is 18.3 Å². The number of rotatable bonds is 5. The number of hydrogen-bond acceptors (Lipinski definition) is 3. The maximum atomic E-state index is 11.8. The molecule has 1 rings (SSSR count). The number of nitrogens with zero attached hydrogens (tertiary/aromatic N) is 1.